The summed E-state index contributed by atoms with van der Waals surface area (Å²) in [5.74, 6) is 1.66. The summed E-state index contributed by atoms with van der Waals surface area (Å²) in [5, 5.41) is 22.6. The third kappa shape index (κ3) is 11.9. The highest BCUT2D eigenvalue weighted by molar-refractivity contribution is 6.38. The number of aromatic nitrogens is 11. The van der Waals surface area contributed by atoms with Gasteiger partial charge in [-0.25, -0.2) is 29.9 Å². The average Bonchev–Trinajstić information content (AvgIpc) is 1.52. The summed E-state index contributed by atoms with van der Waals surface area (Å²) in [7, 11) is 0. The Balaban J connectivity index is 0.0000000991. The zero-order valence-corrected chi connectivity index (χ0v) is 78.0. The Labute approximate surface area is 828 Å². The first-order chi connectivity index (χ1) is 72.0. The molecule has 33 rings (SSSR count). The van der Waals surface area contributed by atoms with Gasteiger partial charge in [-0.2, -0.15) is 0 Å². The van der Waals surface area contributed by atoms with E-state index in [0.717, 1.165) is 118 Å². The third-order valence-corrected chi connectivity index (χ3v) is 30.3. The summed E-state index contributed by atoms with van der Waals surface area (Å²) in [4.78, 5) is 32.0. The van der Waals surface area contributed by atoms with E-state index in [1.807, 2.05) is 48.5 Å². The predicted octanol–water partition coefficient (Wildman–Crippen LogP) is 34.4. The molecule has 0 bridgehead atoms. The molecule has 1 aliphatic rings. The normalized spacial score (nSPS) is 12.1. The largest absolute Gasteiger partial charge is 0.309 e. The highest BCUT2D eigenvalue weighted by Gasteiger charge is 2.33. The lowest BCUT2D eigenvalue weighted by molar-refractivity contribution is 1.08. The molecule has 11 nitrogen and oxygen atoms in total. The van der Waals surface area contributed by atoms with Crippen LogP contribution in [0, 0.1) is 0 Å². The van der Waals surface area contributed by atoms with Crippen molar-refractivity contribution in [1.29, 1.82) is 0 Å². The van der Waals surface area contributed by atoms with Gasteiger partial charge in [0.15, 0.2) is 11.6 Å². The molecule has 11 heteroatoms. The zero-order chi connectivity index (χ0) is 94.7. The molecule has 0 fully saturated rings. The first kappa shape index (κ1) is 80.3. The van der Waals surface area contributed by atoms with Crippen LogP contribution in [0.2, 0.25) is 0 Å². The summed E-state index contributed by atoms with van der Waals surface area (Å²) >= 11 is 0. The second kappa shape index (κ2) is 31.4. The molecule has 145 heavy (non-hydrogen) atoms. The Morgan fingerprint density at radius 1 is 0.152 bits per heavy atom. The van der Waals surface area contributed by atoms with E-state index >= 15 is 0 Å². The zero-order valence-electron chi connectivity index (χ0n) is 78.0. The van der Waals surface area contributed by atoms with Crippen molar-refractivity contribution in [2.24, 2.45) is 0 Å². The molecule has 22 aromatic carbocycles. The summed E-state index contributed by atoms with van der Waals surface area (Å²) in [6.45, 7) is 0. The van der Waals surface area contributed by atoms with Crippen molar-refractivity contribution in [1.82, 2.24) is 52.4 Å². The van der Waals surface area contributed by atoms with Gasteiger partial charge < -0.3 is 13.4 Å². The summed E-state index contributed by atoms with van der Waals surface area (Å²) < 4.78 is 12.2. The van der Waals surface area contributed by atoms with Gasteiger partial charge in [-0.1, -0.05) is 376 Å². The van der Waals surface area contributed by atoms with Gasteiger partial charge in [0.25, 0.3) is 0 Å². The van der Waals surface area contributed by atoms with E-state index < -0.39 is 0 Å². The number of fused-ring (bicyclic) bond motifs is 20. The minimum Gasteiger partial charge on any atom is -0.309 e. The van der Waals surface area contributed by atoms with Gasteiger partial charge in [-0.3, -0.25) is 9.13 Å². The lowest BCUT2D eigenvalue weighted by Crippen LogP contribution is -2.04. The van der Waals surface area contributed by atoms with Gasteiger partial charge in [0.2, 0.25) is 0 Å². The van der Waals surface area contributed by atoms with Gasteiger partial charge in [-0.15, -0.1) is 0 Å². The quantitative estimate of drug-likeness (QED) is 0.143. The molecule has 32 aromatic rings. The fraction of sp³-hybridized carbons (Fsp3) is 0. The maximum atomic E-state index is 5.46. The van der Waals surface area contributed by atoms with E-state index in [1.54, 1.807) is 0 Å². The molecule has 10 heterocycles. The minimum atomic E-state index is 0.824. The van der Waals surface area contributed by atoms with Gasteiger partial charge in [0.1, 0.15) is 11.4 Å². The predicted molar refractivity (Wildman–Crippen MR) is 603 cm³/mol. The van der Waals surface area contributed by atoms with Crippen molar-refractivity contribution in [3.63, 3.8) is 0 Å². The van der Waals surface area contributed by atoms with E-state index in [4.69, 9.17) is 29.9 Å². The fourth-order valence-electron chi connectivity index (χ4n) is 24.3. The van der Waals surface area contributed by atoms with Crippen molar-refractivity contribution in [2.75, 3.05) is 0 Å². The number of nitrogens with zero attached hydrogens (tertiary/aromatic N) is 11. The highest BCUT2D eigenvalue weighted by atomic mass is 15.1. The molecule has 0 radical (unpaired) electrons. The molecule has 0 saturated heterocycles. The molecular formula is C134H79N11. The molecule has 0 N–H and O–H groups in total. The van der Waals surface area contributed by atoms with Crippen LogP contribution in [0.1, 0.15) is 0 Å². The second-order valence-electron chi connectivity index (χ2n) is 38.1. The molecular weight excluding hydrogens is 1760 g/mol. The van der Waals surface area contributed by atoms with Crippen molar-refractivity contribution in [3.05, 3.63) is 479 Å². The molecule has 10 aromatic heterocycles. The maximum absolute atomic E-state index is 5.46. The van der Waals surface area contributed by atoms with E-state index in [2.05, 4.69) is 453 Å². The molecule has 0 atom stereocenters. The maximum Gasteiger partial charge on any atom is 0.165 e. The van der Waals surface area contributed by atoms with Crippen LogP contribution in [0.25, 0.3) is 303 Å². The van der Waals surface area contributed by atoms with Crippen LogP contribution in [0.3, 0.4) is 0 Å². The van der Waals surface area contributed by atoms with Gasteiger partial charge >= 0.3 is 0 Å². The minimum absolute atomic E-state index is 0.824. The van der Waals surface area contributed by atoms with E-state index in [9.17, 15) is 0 Å². The van der Waals surface area contributed by atoms with Crippen LogP contribution in [0.4, 0.5) is 0 Å². The van der Waals surface area contributed by atoms with Crippen molar-refractivity contribution in [3.8, 4) is 107 Å². The Kier molecular flexibility index (Phi) is 17.4. The Hall–Kier alpha value is -19.6. The van der Waals surface area contributed by atoms with Gasteiger partial charge in [-0.05, 0) is 169 Å². The van der Waals surface area contributed by atoms with Gasteiger partial charge in [0.05, 0.1) is 111 Å². The second-order valence-corrected chi connectivity index (χ2v) is 38.1. The highest BCUT2D eigenvalue weighted by Crippen LogP contribution is 2.56. The molecule has 0 amide bonds. The van der Waals surface area contributed by atoms with Crippen molar-refractivity contribution < 1.29 is 0 Å². The monoisotopic (exact) mass is 1840 g/mol. The number of rotatable bonds is 9. The molecule has 0 saturated carbocycles. The topological polar surface area (TPSA) is 101 Å². The van der Waals surface area contributed by atoms with Crippen LogP contribution in [-0.4, -0.2) is 52.4 Å². The number of hydrogen-bond donors (Lipinski definition) is 0. The Morgan fingerprint density at radius 3 is 1.14 bits per heavy atom. The lowest BCUT2D eigenvalue weighted by Gasteiger charge is -2.17. The number of hydrogen-bond acceptors (Lipinski definition) is 6. The summed E-state index contributed by atoms with van der Waals surface area (Å²) in [5.41, 5.74) is 38.0. The molecule has 0 aliphatic heterocycles. The third-order valence-electron chi connectivity index (χ3n) is 30.3. The van der Waals surface area contributed by atoms with E-state index in [-0.39, 0.29) is 0 Å². The molecule has 0 spiro atoms. The fourth-order valence-corrected chi connectivity index (χ4v) is 24.3. The SMILES string of the molecule is c1ccc(-c2ccc3c4c2-c2ccccc2-c2cccc5ccc(c4c25)n3-c2ccc3nc(-c4ccccc4)c(-c4ccccc4)nc3c2)cc1.c1ccc(-c2nc3ccccc3nc2-n2c3cccc4c5ccccc5n5c6ccc7ccccc7c6c6ccc2c(c43)c65)cc1.c1ccc(-c2nc3ccccc3nc2-n2c3cccc4c5ccccc5n5c6ccccc6c6cc(-c7ccccc7)c2c(c43)c65)cc1. The summed E-state index contributed by atoms with van der Waals surface area (Å²) in [6, 6.07) is 171. The lowest BCUT2D eigenvalue weighted by atomic mass is 9.88. The standard InChI is InChI=1S/C48H29N3.C44H26N4.C42H24N4/c1-4-13-30(14-5-1)35-25-28-42-46-44(35)38-21-11-10-20-36(38)37-22-12-19-31-23-27-41(45(46)43(31)37)51(42)34-24-26-39-40(29-34)50-48(33-17-8-3-9-18-33)47(49-39)32-15-6-2-7-16-32;1-3-14-27(15-4-1)32-26-33-30-19-8-12-24-37(30)47-36-23-11-7-18-29(36)31-20-13-25-38-39(31)40(43(33)47)42(32)48(38)44-41(28-16-5-2-6-17-28)45-34-21-9-10-22-35(34)46-44;1-2-12-26(13-3-1)40-42(44-32-18-8-7-17-31(32)43-40)46-34-20-10-16-29-28-15-6-9-19-33(28)45-35-23-21-25-11-4-5-14-27(25)37(35)30-22-24-36(46)39(38(29)34)41(30)45/h1-29H;1-26H;1-24H. The van der Waals surface area contributed by atoms with Crippen LogP contribution < -0.4 is 0 Å². The first-order valence-electron chi connectivity index (χ1n) is 49.5. The Bertz CT molecular complexity index is 11000. The molecule has 670 valence electrons. The molecule has 0 unspecified atom stereocenters. The van der Waals surface area contributed by atoms with Gasteiger partial charge in [0, 0.05) is 104 Å². The number of para-hydroxylation sites is 7. The first-order valence-corrected chi connectivity index (χ1v) is 49.5. The number of benzene rings is 22. The Morgan fingerprint density at radius 2 is 0.538 bits per heavy atom. The summed E-state index contributed by atoms with van der Waals surface area (Å²) in [6.07, 6.45) is 0. The average molecular weight is 1840 g/mol. The van der Waals surface area contributed by atoms with E-state index in [1.165, 1.54) is 186 Å². The van der Waals surface area contributed by atoms with Crippen molar-refractivity contribution in [2.45, 2.75) is 0 Å². The van der Waals surface area contributed by atoms with Crippen molar-refractivity contribution >= 4 is 196 Å². The van der Waals surface area contributed by atoms with Crippen LogP contribution in [-0.2, 0) is 0 Å². The van der Waals surface area contributed by atoms with Crippen LogP contribution >= 0.6 is 0 Å². The van der Waals surface area contributed by atoms with Crippen LogP contribution in [0.15, 0.2) is 479 Å². The van der Waals surface area contributed by atoms with E-state index in [0.29, 0.717) is 0 Å². The smallest absolute Gasteiger partial charge is 0.165 e. The van der Waals surface area contributed by atoms with Crippen LogP contribution in [0.5, 0.6) is 0 Å². The molecule has 1 aliphatic carbocycles.